The number of hydrogen-bond acceptors (Lipinski definition) is 3. The molecule has 0 spiro atoms. The maximum absolute atomic E-state index is 5.76. The molecule has 0 aliphatic heterocycles. The van der Waals surface area contributed by atoms with Gasteiger partial charge in [-0.15, -0.1) is 22.9 Å². The van der Waals surface area contributed by atoms with Gasteiger partial charge in [0.15, 0.2) is 0 Å². The summed E-state index contributed by atoms with van der Waals surface area (Å²) in [6.45, 7) is 5.03. The summed E-state index contributed by atoms with van der Waals surface area (Å²) < 4.78 is 0. The fourth-order valence-corrected chi connectivity index (χ4v) is 1.85. The fourth-order valence-electron chi connectivity index (χ4n) is 1.01. The lowest BCUT2D eigenvalue weighted by atomic mass is 10.3. The van der Waals surface area contributed by atoms with Gasteiger partial charge in [-0.3, -0.25) is 4.90 Å². The molecular weight excluding hydrogens is 204 g/mol. The Kier molecular flexibility index (Phi) is 4.16. The predicted molar refractivity (Wildman–Crippen MR) is 58.5 cm³/mol. The van der Waals surface area contributed by atoms with Gasteiger partial charge in [-0.2, -0.15) is 0 Å². The summed E-state index contributed by atoms with van der Waals surface area (Å²) in [4.78, 5) is 6.61. The van der Waals surface area contributed by atoms with E-state index in [1.165, 1.54) is 0 Å². The van der Waals surface area contributed by atoms with E-state index in [0.29, 0.717) is 11.9 Å². The first-order valence-electron chi connectivity index (χ1n) is 4.30. The van der Waals surface area contributed by atoms with Crippen molar-refractivity contribution in [2.75, 3.05) is 12.9 Å². The van der Waals surface area contributed by atoms with E-state index in [1.54, 1.807) is 11.3 Å². The zero-order chi connectivity index (χ0) is 9.84. The summed E-state index contributed by atoms with van der Waals surface area (Å²) >= 11 is 7.45. The van der Waals surface area contributed by atoms with E-state index < -0.39 is 0 Å². The Balaban J connectivity index is 2.49. The summed E-state index contributed by atoms with van der Waals surface area (Å²) in [5.74, 6) is 0.666. The Morgan fingerprint density at radius 3 is 2.85 bits per heavy atom. The minimum atomic E-state index is 0.406. The normalized spacial score (nSPS) is 13.6. The van der Waals surface area contributed by atoms with Crippen molar-refractivity contribution >= 4 is 22.9 Å². The minimum Gasteiger partial charge on any atom is -0.297 e. The molecule has 0 radical (unpaired) electrons. The van der Waals surface area contributed by atoms with Crippen molar-refractivity contribution in [2.45, 2.75) is 26.4 Å². The molecule has 1 atom stereocenters. The van der Waals surface area contributed by atoms with Crippen molar-refractivity contribution in [3.8, 4) is 0 Å². The molecule has 0 saturated heterocycles. The zero-order valence-electron chi connectivity index (χ0n) is 8.25. The first-order valence-corrected chi connectivity index (χ1v) is 5.72. The smallest absolute Gasteiger partial charge is 0.0897 e. The highest BCUT2D eigenvalue weighted by atomic mass is 35.5. The Morgan fingerprint density at radius 2 is 2.38 bits per heavy atom. The highest BCUT2D eigenvalue weighted by Crippen LogP contribution is 2.11. The van der Waals surface area contributed by atoms with Crippen molar-refractivity contribution in [1.82, 2.24) is 9.88 Å². The average molecular weight is 219 g/mol. The van der Waals surface area contributed by atoms with Gasteiger partial charge in [0.2, 0.25) is 0 Å². The Labute approximate surface area is 88.5 Å². The van der Waals surface area contributed by atoms with E-state index in [1.807, 2.05) is 6.92 Å². The molecule has 1 unspecified atom stereocenters. The molecule has 74 valence electrons. The first-order chi connectivity index (χ1) is 6.13. The maximum atomic E-state index is 5.76. The molecular formula is C9H15ClN2S. The van der Waals surface area contributed by atoms with E-state index in [0.717, 1.165) is 17.2 Å². The Hall–Kier alpha value is -0.120. The van der Waals surface area contributed by atoms with Gasteiger partial charge < -0.3 is 0 Å². The number of alkyl halides is 1. The summed E-state index contributed by atoms with van der Waals surface area (Å²) in [5.41, 5.74) is 1.14. The van der Waals surface area contributed by atoms with Gasteiger partial charge in [0.1, 0.15) is 0 Å². The monoisotopic (exact) mass is 218 g/mol. The molecule has 13 heavy (non-hydrogen) atoms. The first kappa shape index (κ1) is 11.0. The minimum absolute atomic E-state index is 0.406. The van der Waals surface area contributed by atoms with Crippen LogP contribution >= 0.6 is 22.9 Å². The lowest BCUT2D eigenvalue weighted by Crippen LogP contribution is -2.29. The predicted octanol–water partition coefficient (Wildman–Crippen LogP) is 2.51. The van der Waals surface area contributed by atoms with E-state index in [2.05, 4.69) is 29.2 Å². The highest BCUT2D eigenvalue weighted by molar-refractivity contribution is 7.09. The lowest BCUT2D eigenvalue weighted by molar-refractivity contribution is 0.266. The molecule has 1 aromatic rings. The van der Waals surface area contributed by atoms with Crippen LogP contribution in [0.3, 0.4) is 0 Å². The van der Waals surface area contributed by atoms with Crippen LogP contribution in [0.2, 0.25) is 0 Å². The van der Waals surface area contributed by atoms with Crippen LogP contribution in [0.1, 0.15) is 17.6 Å². The quantitative estimate of drug-likeness (QED) is 0.722. The number of aryl methyl sites for hydroxylation is 1. The lowest BCUT2D eigenvalue weighted by Gasteiger charge is -2.21. The second kappa shape index (κ2) is 4.94. The van der Waals surface area contributed by atoms with E-state index in [-0.39, 0.29) is 0 Å². The third-order valence-corrected chi connectivity index (χ3v) is 3.32. The second-order valence-corrected chi connectivity index (χ2v) is 4.65. The molecule has 0 aliphatic carbocycles. The summed E-state index contributed by atoms with van der Waals surface area (Å²) in [5, 5.41) is 3.23. The molecule has 1 rings (SSSR count). The van der Waals surface area contributed by atoms with Crippen LogP contribution in [0.5, 0.6) is 0 Å². The highest BCUT2D eigenvalue weighted by Gasteiger charge is 2.09. The van der Waals surface area contributed by atoms with Crippen molar-refractivity contribution in [2.24, 2.45) is 0 Å². The van der Waals surface area contributed by atoms with Gasteiger partial charge in [-0.05, 0) is 20.9 Å². The molecule has 0 aromatic carbocycles. The number of rotatable bonds is 4. The molecule has 0 fully saturated rings. The average Bonchev–Trinajstić information content (AvgIpc) is 2.49. The van der Waals surface area contributed by atoms with Crippen LogP contribution in [-0.4, -0.2) is 28.9 Å². The molecule has 0 saturated carbocycles. The van der Waals surface area contributed by atoms with E-state index in [9.17, 15) is 0 Å². The molecule has 1 aromatic heterocycles. The van der Waals surface area contributed by atoms with Crippen LogP contribution in [0.25, 0.3) is 0 Å². The maximum Gasteiger partial charge on any atom is 0.0897 e. The van der Waals surface area contributed by atoms with Crippen molar-refractivity contribution < 1.29 is 0 Å². The molecule has 1 heterocycles. The molecule has 0 amide bonds. The van der Waals surface area contributed by atoms with Crippen LogP contribution in [0.15, 0.2) is 5.38 Å². The van der Waals surface area contributed by atoms with E-state index >= 15 is 0 Å². The van der Waals surface area contributed by atoms with Crippen LogP contribution < -0.4 is 0 Å². The number of hydrogen-bond donors (Lipinski definition) is 0. The van der Waals surface area contributed by atoms with Crippen molar-refractivity contribution in [3.05, 3.63) is 16.1 Å². The molecule has 2 nitrogen and oxygen atoms in total. The fraction of sp³-hybridized carbons (Fsp3) is 0.667. The summed E-state index contributed by atoms with van der Waals surface area (Å²) in [6, 6.07) is 0.406. The second-order valence-electron chi connectivity index (χ2n) is 3.28. The van der Waals surface area contributed by atoms with Crippen LogP contribution in [0, 0.1) is 6.92 Å². The SMILES string of the molecule is Cc1nc(CN(C)C(C)CCl)cs1. The molecule has 0 bridgehead atoms. The number of aromatic nitrogens is 1. The Morgan fingerprint density at radius 1 is 1.69 bits per heavy atom. The summed E-state index contributed by atoms with van der Waals surface area (Å²) in [7, 11) is 2.07. The van der Waals surface area contributed by atoms with Gasteiger partial charge >= 0.3 is 0 Å². The van der Waals surface area contributed by atoms with Gasteiger partial charge in [0.25, 0.3) is 0 Å². The van der Waals surface area contributed by atoms with Gasteiger partial charge in [0.05, 0.1) is 10.7 Å². The third kappa shape index (κ3) is 3.25. The zero-order valence-corrected chi connectivity index (χ0v) is 9.82. The molecule has 0 aliphatic rings. The van der Waals surface area contributed by atoms with Gasteiger partial charge in [-0.25, -0.2) is 4.98 Å². The Bertz CT molecular complexity index is 262. The van der Waals surface area contributed by atoms with Crippen LogP contribution in [0.4, 0.5) is 0 Å². The number of nitrogens with zero attached hydrogens (tertiary/aromatic N) is 2. The standard InChI is InChI=1S/C9H15ClN2S/c1-7(4-10)12(3)5-9-6-13-8(2)11-9/h6-7H,4-5H2,1-3H3. The number of halogens is 1. The van der Waals surface area contributed by atoms with Crippen molar-refractivity contribution in [3.63, 3.8) is 0 Å². The van der Waals surface area contributed by atoms with Gasteiger partial charge in [-0.1, -0.05) is 0 Å². The molecule has 0 N–H and O–H groups in total. The molecule has 4 heteroatoms. The topological polar surface area (TPSA) is 16.1 Å². The van der Waals surface area contributed by atoms with Crippen molar-refractivity contribution in [1.29, 1.82) is 0 Å². The largest absolute Gasteiger partial charge is 0.297 e. The van der Waals surface area contributed by atoms with E-state index in [4.69, 9.17) is 11.6 Å². The van der Waals surface area contributed by atoms with Gasteiger partial charge in [0, 0.05) is 23.8 Å². The summed E-state index contributed by atoms with van der Waals surface area (Å²) in [6.07, 6.45) is 0. The van der Waals surface area contributed by atoms with Crippen LogP contribution in [-0.2, 0) is 6.54 Å². The number of thiazole rings is 1. The third-order valence-electron chi connectivity index (χ3n) is 2.05.